The molecule has 1 aliphatic rings. The minimum Gasteiger partial charge on any atom is -0.309 e. The predicted octanol–water partition coefficient (Wildman–Crippen LogP) is -0.102. The van der Waals surface area contributed by atoms with E-state index in [0.29, 0.717) is 6.04 Å². The predicted molar refractivity (Wildman–Crippen MR) is 55.8 cm³/mol. The van der Waals surface area contributed by atoms with E-state index in [1.807, 2.05) is 0 Å². The van der Waals surface area contributed by atoms with Crippen molar-refractivity contribution in [2.75, 3.05) is 31.2 Å². The van der Waals surface area contributed by atoms with E-state index in [9.17, 15) is 0 Å². The van der Waals surface area contributed by atoms with Gasteiger partial charge in [0.1, 0.15) is 25.3 Å². The van der Waals surface area contributed by atoms with Crippen molar-refractivity contribution in [3.63, 3.8) is 0 Å². The largest absolute Gasteiger partial charge is 0.309 e. The number of rotatable bonds is 2. The third-order valence-corrected chi connectivity index (χ3v) is 2.61. The van der Waals surface area contributed by atoms with Gasteiger partial charge in [-0.15, -0.1) is 0 Å². The van der Waals surface area contributed by atoms with Crippen LogP contribution < -0.4 is 15.0 Å². The molecule has 1 saturated heterocycles. The summed E-state index contributed by atoms with van der Waals surface area (Å²) in [6, 6.07) is 2.61. The Kier molecular flexibility index (Phi) is 2.72. The van der Waals surface area contributed by atoms with Crippen molar-refractivity contribution < 1.29 is 4.68 Å². The minimum absolute atomic E-state index is 0.514. The highest BCUT2D eigenvalue weighted by Gasteiger charge is 2.19. The molecule has 14 heavy (non-hydrogen) atoms. The smallest absolute Gasteiger partial charge is 0.118 e. The van der Waals surface area contributed by atoms with Crippen molar-refractivity contribution in [1.29, 1.82) is 0 Å². The first-order chi connectivity index (χ1) is 6.79. The second kappa shape index (κ2) is 4.00. The SMILES string of the molecule is CC(C)[n+]1cccn1N1CCNCC1. The molecule has 2 heterocycles. The highest BCUT2D eigenvalue weighted by molar-refractivity contribution is 4.88. The molecule has 0 aromatic carbocycles. The maximum atomic E-state index is 3.36. The summed E-state index contributed by atoms with van der Waals surface area (Å²) in [5, 5.41) is 5.73. The molecule has 1 fully saturated rings. The molecular formula is C10H19N4+. The second-order valence-electron chi connectivity index (χ2n) is 3.99. The Hall–Kier alpha value is -1.03. The number of piperazine rings is 1. The lowest BCUT2D eigenvalue weighted by Crippen LogP contribution is -2.59. The van der Waals surface area contributed by atoms with Crippen LogP contribution in [0.4, 0.5) is 0 Å². The Bertz CT molecular complexity index is 286. The first-order valence-corrected chi connectivity index (χ1v) is 5.34. The van der Waals surface area contributed by atoms with Gasteiger partial charge >= 0.3 is 0 Å². The molecule has 1 aliphatic heterocycles. The van der Waals surface area contributed by atoms with E-state index in [4.69, 9.17) is 0 Å². The van der Waals surface area contributed by atoms with Crippen molar-refractivity contribution in [2.45, 2.75) is 19.9 Å². The Morgan fingerprint density at radius 2 is 2.00 bits per heavy atom. The Morgan fingerprint density at radius 3 is 2.64 bits per heavy atom. The lowest BCUT2D eigenvalue weighted by molar-refractivity contribution is -0.791. The van der Waals surface area contributed by atoms with Gasteiger partial charge in [-0.25, -0.2) is 0 Å². The van der Waals surface area contributed by atoms with Crippen LogP contribution in [0.1, 0.15) is 19.9 Å². The molecule has 0 saturated carbocycles. The van der Waals surface area contributed by atoms with Gasteiger partial charge in [-0.05, 0) is 13.8 Å². The highest BCUT2D eigenvalue weighted by atomic mass is 15.7. The fourth-order valence-corrected chi connectivity index (χ4v) is 1.86. The van der Waals surface area contributed by atoms with Crippen LogP contribution in [0.3, 0.4) is 0 Å². The van der Waals surface area contributed by atoms with Gasteiger partial charge in [-0.2, -0.15) is 9.69 Å². The lowest BCUT2D eigenvalue weighted by atomic mass is 10.4. The van der Waals surface area contributed by atoms with Crippen molar-refractivity contribution in [2.24, 2.45) is 0 Å². The third kappa shape index (κ3) is 1.75. The quantitative estimate of drug-likeness (QED) is 0.666. The molecule has 1 aromatic rings. The molecule has 78 valence electrons. The average Bonchev–Trinajstić information content (AvgIpc) is 2.67. The number of nitrogens with zero attached hydrogens (tertiary/aromatic N) is 3. The Balaban J connectivity index is 2.17. The van der Waals surface area contributed by atoms with Crippen LogP contribution in [0.5, 0.6) is 0 Å². The first-order valence-electron chi connectivity index (χ1n) is 5.34. The molecule has 1 aromatic heterocycles. The monoisotopic (exact) mass is 195 g/mol. The standard InChI is InChI=1S/C10H19N4/c1-10(2)13-6-3-7-14(13)12-8-4-11-5-9-12/h3,6-7,10-11H,4-5,8-9H2,1-2H3/q+1. The van der Waals surface area contributed by atoms with Gasteiger partial charge in [0, 0.05) is 19.2 Å². The summed E-state index contributed by atoms with van der Waals surface area (Å²) < 4.78 is 2.26. The summed E-state index contributed by atoms with van der Waals surface area (Å²) in [6.07, 6.45) is 4.26. The van der Waals surface area contributed by atoms with Gasteiger partial charge in [0.05, 0.1) is 6.20 Å². The van der Waals surface area contributed by atoms with Crippen LogP contribution in [0.15, 0.2) is 18.5 Å². The van der Waals surface area contributed by atoms with Gasteiger partial charge in [-0.3, -0.25) is 0 Å². The average molecular weight is 195 g/mol. The summed E-state index contributed by atoms with van der Waals surface area (Å²) in [4.78, 5) is 2.23. The van der Waals surface area contributed by atoms with Crippen LogP contribution in [0.2, 0.25) is 0 Å². The number of hydrogen-bond donors (Lipinski definition) is 1. The molecule has 4 heteroatoms. The number of nitrogens with one attached hydrogen (secondary N) is 1. The fourth-order valence-electron chi connectivity index (χ4n) is 1.86. The zero-order valence-electron chi connectivity index (χ0n) is 8.98. The van der Waals surface area contributed by atoms with Crippen molar-refractivity contribution in [1.82, 2.24) is 10.1 Å². The van der Waals surface area contributed by atoms with Crippen molar-refractivity contribution in [3.05, 3.63) is 18.5 Å². The summed E-state index contributed by atoms with van der Waals surface area (Å²) >= 11 is 0. The van der Waals surface area contributed by atoms with Crippen molar-refractivity contribution in [3.8, 4) is 0 Å². The summed E-state index contributed by atoms with van der Waals surface area (Å²) in [5.41, 5.74) is 0. The van der Waals surface area contributed by atoms with E-state index in [1.165, 1.54) is 0 Å². The number of aromatic nitrogens is 2. The maximum absolute atomic E-state index is 3.36. The fraction of sp³-hybridized carbons (Fsp3) is 0.700. The molecule has 0 unspecified atom stereocenters. The summed E-state index contributed by atoms with van der Waals surface area (Å²) in [6.45, 7) is 8.74. The van der Waals surface area contributed by atoms with E-state index in [-0.39, 0.29) is 0 Å². The van der Waals surface area contributed by atoms with Crippen LogP contribution in [-0.2, 0) is 0 Å². The number of hydrogen-bond acceptors (Lipinski definition) is 2. The molecule has 2 rings (SSSR count). The van der Waals surface area contributed by atoms with Crippen LogP contribution in [-0.4, -0.2) is 31.0 Å². The molecule has 0 bridgehead atoms. The normalized spacial score (nSPS) is 17.8. The zero-order valence-corrected chi connectivity index (χ0v) is 8.98. The molecule has 0 amide bonds. The van der Waals surface area contributed by atoms with Gasteiger partial charge in [0.2, 0.25) is 0 Å². The molecule has 0 atom stereocenters. The molecule has 0 aliphatic carbocycles. The zero-order chi connectivity index (χ0) is 9.97. The van der Waals surface area contributed by atoms with E-state index < -0.39 is 0 Å². The maximum Gasteiger partial charge on any atom is 0.118 e. The molecule has 0 spiro atoms. The second-order valence-corrected chi connectivity index (χ2v) is 3.99. The Labute approximate surface area is 85.1 Å². The van der Waals surface area contributed by atoms with Crippen molar-refractivity contribution >= 4 is 0 Å². The van der Waals surface area contributed by atoms with Gasteiger partial charge in [-0.1, -0.05) is 4.79 Å². The molecule has 4 nitrogen and oxygen atoms in total. The summed E-state index contributed by atoms with van der Waals surface area (Å²) in [5.74, 6) is 0. The van der Waals surface area contributed by atoms with Gasteiger partial charge in [0.15, 0.2) is 0 Å². The Morgan fingerprint density at radius 1 is 1.29 bits per heavy atom. The van der Waals surface area contributed by atoms with Crippen LogP contribution in [0.25, 0.3) is 0 Å². The van der Waals surface area contributed by atoms with E-state index in [1.54, 1.807) is 0 Å². The lowest BCUT2D eigenvalue weighted by Gasteiger charge is -2.24. The van der Waals surface area contributed by atoms with Gasteiger partial charge < -0.3 is 5.32 Å². The minimum atomic E-state index is 0.514. The molecule has 1 N–H and O–H groups in total. The summed E-state index contributed by atoms with van der Waals surface area (Å²) in [7, 11) is 0. The molecule has 0 radical (unpaired) electrons. The van der Waals surface area contributed by atoms with E-state index in [2.05, 4.69) is 52.1 Å². The van der Waals surface area contributed by atoms with Gasteiger partial charge in [0.25, 0.3) is 0 Å². The third-order valence-electron chi connectivity index (χ3n) is 2.61. The van der Waals surface area contributed by atoms with Crippen LogP contribution >= 0.6 is 0 Å². The van der Waals surface area contributed by atoms with E-state index >= 15 is 0 Å². The van der Waals surface area contributed by atoms with Crippen LogP contribution in [0, 0.1) is 0 Å². The van der Waals surface area contributed by atoms with E-state index in [0.717, 1.165) is 26.2 Å². The molecular weight excluding hydrogens is 176 g/mol. The highest BCUT2D eigenvalue weighted by Crippen LogP contribution is 1.96. The first kappa shape index (κ1) is 9.52. The topological polar surface area (TPSA) is 24.1 Å².